The number of imide groups is 1. The van der Waals surface area contributed by atoms with Gasteiger partial charge in [-0.25, -0.2) is 0 Å². The summed E-state index contributed by atoms with van der Waals surface area (Å²) < 4.78 is 3.23. The Morgan fingerprint density at radius 3 is 2.58 bits per heavy atom. The van der Waals surface area contributed by atoms with Gasteiger partial charge >= 0.3 is 0 Å². The van der Waals surface area contributed by atoms with Crippen LogP contribution in [0.2, 0.25) is 0 Å². The Morgan fingerprint density at radius 1 is 1.13 bits per heavy atom. The van der Waals surface area contributed by atoms with Gasteiger partial charge in [-0.15, -0.1) is 0 Å². The Labute approximate surface area is 188 Å². The van der Waals surface area contributed by atoms with E-state index in [2.05, 4.69) is 41.8 Å². The van der Waals surface area contributed by atoms with Crippen molar-refractivity contribution in [2.24, 2.45) is 4.99 Å². The lowest BCUT2D eigenvalue weighted by molar-refractivity contribution is -0.121. The molecule has 0 unspecified atom stereocenters. The van der Waals surface area contributed by atoms with Gasteiger partial charge in [0.05, 0.1) is 15.9 Å². The molecule has 8 heteroatoms. The zero-order valence-electron chi connectivity index (χ0n) is 17.7. The van der Waals surface area contributed by atoms with Gasteiger partial charge in [-0.3, -0.25) is 19.3 Å². The van der Waals surface area contributed by atoms with Crippen LogP contribution in [0.25, 0.3) is 10.2 Å². The predicted molar refractivity (Wildman–Crippen MR) is 126 cm³/mol. The number of carbonyl (C=O) groups is 3. The minimum atomic E-state index is -0.389. The molecule has 4 rings (SSSR count). The fourth-order valence-corrected chi connectivity index (χ4v) is 5.26. The van der Waals surface area contributed by atoms with E-state index in [1.165, 1.54) is 22.5 Å². The van der Waals surface area contributed by atoms with Crippen molar-refractivity contribution in [3.8, 4) is 0 Å². The molecule has 0 radical (unpaired) electrons. The van der Waals surface area contributed by atoms with Crippen LogP contribution in [0.15, 0.2) is 41.4 Å². The summed E-state index contributed by atoms with van der Waals surface area (Å²) in [4.78, 5) is 43.4. The lowest BCUT2D eigenvalue weighted by Crippen LogP contribution is -2.28. The molecule has 0 saturated carbocycles. The van der Waals surface area contributed by atoms with E-state index in [9.17, 15) is 14.4 Å². The minimum absolute atomic E-state index is 0.206. The topological polar surface area (TPSA) is 71.7 Å². The highest BCUT2D eigenvalue weighted by Crippen LogP contribution is 2.25. The summed E-state index contributed by atoms with van der Waals surface area (Å²) in [6.07, 6.45) is 2.47. The number of rotatable bonds is 5. The van der Waals surface area contributed by atoms with Crippen molar-refractivity contribution >= 4 is 56.7 Å². The number of amides is 3. The average Bonchev–Trinajstić information content (AvgIpc) is 3.25. The molecular weight excluding hydrogens is 430 g/mol. The highest BCUT2D eigenvalue weighted by Gasteiger charge is 2.30. The van der Waals surface area contributed by atoms with Crippen LogP contribution in [-0.4, -0.2) is 34.3 Å². The van der Waals surface area contributed by atoms with E-state index in [0.717, 1.165) is 27.4 Å². The molecule has 0 atom stereocenters. The highest BCUT2D eigenvalue weighted by molar-refractivity contribution is 7.98. The number of benzene rings is 2. The van der Waals surface area contributed by atoms with Crippen LogP contribution in [-0.2, 0) is 16.1 Å². The molecule has 0 aliphatic carbocycles. The molecule has 1 fully saturated rings. The summed E-state index contributed by atoms with van der Waals surface area (Å²) in [7, 11) is 0. The summed E-state index contributed by atoms with van der Waals surface area (Å²) in [5, 5.41) is 0. The number of hydrogen-bond donors (Lipinski definition) is 0. The first-order chi connectivity index (χ1) is 14.9. The fraction of sp³-hybridized carbons (Fsp3) is 0.304. The quantitative estimate of drug-likeness (QED) is 0.546. The first-order valence-electron chi connectivity index (χ1n) is 10.0. The van der Waals surface area contributed by atoms with Gasteiger partial charge in [0.1, 0.15) is 0 Å². The van der Waals surface area contributed by atoms with Gasteiger partial charge in [0.15, 0.2) is 4.80 Å². The van der Waals surface area contributed by atoms with Crippen molar-refractivity contribution in [1.29, 1.82) is 0 Å². The van der Waals surface area contributed by atoms with Crippen molar-refractivity contribution < 1.29 is 14.4 Å². The van der Waals surface area contributed by atoms with Gasteiger partial charge in [0.25, 0.3) is 5.91 Å². The molecule has 3 aromatic rings. The summed E-state index contributed by atoms with van der Waals surface area (Å²) in [5.41, 5.74) is 4.20. The molecule has 0 N–H and O–H groups in total. The SMILES string of the molecule is CSCCn1c(=NC(=O)c2cccc(N3C(=O)CCC3=O)c2)sc2c(C)cc(C)cc21. The van der Waals surface area contributed by atoms with E-state index in [1.807, 2.05) is 0 Å². The Hall–Kier alpha value is -2.71. The maximum atomic E-state index is 13.0. The van der Waals surface area contributed by atoms with Crippen LogP contribution in [0.4, 0.5) is 5.69 Å². The van der Waals surface area contributed by atoms with E-state index in [1.54, 1.807) is 36.0 Å². The number of aromatic nitrogens is 1. The normalized spacial score (nSPS) is 14.8. The maximum Gasteiger partial charge on any atom is 0.279 e. The number of aryl methyl sites for hydroxylation is 3. The van der Waals surface area contributed by atoms with E-state index in [0.29, 0.717) is 16.1 Å². The number of nitrogens with zero attached hydrogens (tertiary/aromatic N) is 3. The molecule has 0 spiro atoms. The van der Waals surface area contributed by atoms with Crippen LogP contribution >= 0.6 is 23.1 Å². The maximum absolute atomic E-state index is 13.0. The number of anilines is 1. The van der Waals surface area contributed by atoms with E-state index >= 15 is 0 Å². The number of hydrogen-bond acceptors (Lipinski definition) is 5. The number of carbonyl (C=O) groups excluding carboxylic acids is 3. The second-order valence-corrected chi connectivity index (χ2v) is 9.51. The van der Waals surface area contributed by atoms with Crippen molar-refractivity contribution in [1.82, 2.24) is 4.57 Å². The van der Waals surface area contributed by atoms with Crippen molar-refractivity contribution in [3.05, 3.63) is 57.9 Å². The van der Waals surface area contributed by atoms with Crippen molar-refractivity contribution in [3.63, 3.8) is 0 Å². The Bertz CT molecular complexity index is 1260. The Morgan fingerprint density at radius 2 is 1.87 bits per heavy atom. The zero-order chi connectivity index (χ0) is 22.1. The van der Waals surface area contributed by atoms with Crippen LogP contribution in [0.5, 0.6) is 0 Å². The predicted octanol–water partition coefficient (Wildman–Crippen LogP) is 4.08. The zero-order valence-corrected chi connectivity index (χ0v) is 19.3. The third-order valence-electron chi connectivity index (χ3n) is 5.23. The van der Waals surface area contributed by atoms with Crippen LogP contribution in [0.3, 0.4) is 0 Å². The van der Waals surface area contributed by atoms with Crippen molar-refractivity contribution in [2.75, 3.05) is 16.9 Å². The molecule has 6 nitrogen and oxygen atoms in total. The summed E-state index contributed by atoms with van der Waals surface area (Å²) >= 11 is 3.26. The number of thiazole rings is 1. The van der Waals surface area contributed by atoms with E-state index < -0.39 is 0 Å². The standard InChI is InChI=1S/C23H23N3O3S2/c1-14-11-15(2)21-18(12-14)25(9-10-30-3)23(31-21)24-22(29)16-5-4-6-17(13-16)26-19(27)7-8-20(26)28/h4-6,11-13H,7-10H2,1-3H3. The third kappa shape index (κ3) is 4.22. The summed E-state index contributed by atoms with van der Waals surface area (Å²) in [5.74, 6) is 0.0443. The molecule has 31 heavy (non-hydrogen) atoms. The first-order valence-corrected chi connectivity index (χ1v) is 12.2. The average molecular weight is 454 g/mol. The third-order valence-corrected chi connectivity index (χ3v) is 7.05. The molecule has 3 amide bonds. The largest absolute Gasteiger partial charge is 0.315 e. The number of fused-ring (bicyclic) bond motifs is 1. The summed E-state index contributed by atoms with van der Waals surface area (Å²) in [6.45, 7) is 4.90. The van der Waals surface area contributed by atoms with Gasteiger partial charge in [-0.2, -0.15) is 16.8 Å². The Balaban J connectivity index is 1.77. The lowest BCUT2D eigenvalue weighted by atomic mass is 10.1. The smallest absolute Gasteiger partial charge is 0.279 e. The molecule has 1 aliphatic heterocycles. The molecular formula is C23H23N3O3S2. The molecule has 1 aromatic heterocycles. The Kier molecular flexibility index (Phi) is 6.11. The molecule has 160 valence electrons. The van der Waals surface area contributed by atoms with Crippen molar-refractivity contribution in [2.45, 2.75) is 33.2 Å². The molecule has 1 saturated heterocycles. The monoisotopic (exact) mass is 453 g/mol. The van der Waals surface area contributed by atoms with Gasteiger partial charge in [0.2, 0.25) is 11.8 Å². The minimum Gasteiger partial charge on any atom is -0.315 e. The molecule has 2 heterocycles. The fourth-order valence-electron chi connectivity index (χ4n) is 3.79. The summed E-state index contributed by atoms with van der Waals surface area (Å²) in [6, 6.07) is 10.8. The molecule has 1 aliphatic rings. The van der Waals surface area contributed by atoms with Gasteiger partial charge < -0.3 is 4.57 Å². The second-order valence-electron chi connectivity index (χ2n) is 7.55. The van der Waals surface area contributed by atoms with E-state index in [-0.39, 0.29) is 30.6 Å². The second kappa shape index (κ2) is 8.80. The van der Waals surface area contributed by atoms with Crippen LogP contribution in [0, 0.1) is 13.8 Å². The van der Waals surface area contributed by atoms with Crippen LogP contribution < -0.4 is 9.70 Å². The van der Waals surface area contributed by atoms with E-state index in [4.69, 9.17) is 0 Å². The van der Waals surface area contributed by atoms with Gasteiger partial charge in [0, 0.05) is 30.7 Å². The first kappa shape index (κ1) is 21.5. The van der Waals surface area contributed by atoms with Crippen LogP contribution in [0.1, 0.15) is 34.3 Å². The number of thioether (sulfide) groups is 1. The lowest BCUT2D eigenvalue weighted by Gasteiger charge is -2.14. The molecule has 0 bridgehead atoms. The molecule has 2 aromatic carbocycles. The highest BCUT2D eigenvalue weighted by atomic mass is 32.2. The van der Waals surface area contributed by atoms with Gasteiger partial charge in [-0.05, 0) is 55.5 Å². The van der Waals surface area contributed by atoms with Gasteiger partial charge in [-0.1, -0.05) is 23.5 Å².